The Bertz CT molecular complexity index is 718. The zero-order chi connectivity index (χ0) is 24.2. The Morgan fingerprint density at radius 2 is 1.69 bits per heavy atom. The van der Waals surface area contributed by atoms with E-state index in [1.165, 1.54) is 6.26 Å². The predicted molar refractivity (Wildman–Crippen MR) is 131 cm³/mol. The minimum Gasteiger partial charge on any atom is -0.414 e. The maximum Gasteiger partial charge on any atom is 0.317 e. The molecule has 188 valence electrons. The fraction of sp³-hybridized carbons (Fsp3) is 0.955. The van der Waals surface area contributed by atoms with Crippen molar-refractivity contribution < 1.29 is 22.4 Å². The first kappa shape index (κ1) is 27.6. The molecule has 1 aliphatic heterocycles. The summed E-state index contributed by atoms with van der Waals surface area (Å²) in [6, 6.07) is -0.807. The molecule has 2 N–H and O–H groups in total. The number of hydrogen-bond acceptors (Lipinski definition) is 5. The molecular weight excluding hydrogens is 446 g/mol. The second kappa shape index (κ2) is 11.2. The summed E-state index contributed by atoms with van der Waals surface area (Å²) in [5, 5.41) is 3.05. The molecule has 8 nitrogen and oxygen atoms in total. The normalized spacial score (nSPS) is 27.9. The summed E-state index contributed by atoms with van der Waals surface area (Å²) in [6.45, 7) is 14.7. The second-order valence-electron chi connectivity index (χ2n) is 10.8. The Labute approximate surface area is 196 Å². The van der Waals surface area contributed by atoms with Crippen LogP contribution in [0.4, 0.5) is 4.79 Å². The Morgan fingerprint density at radius 1 is 1.09 bits per heavy atom. The van der Waals surface area contributed by atoms with Crippen LogP contribution in [0, 0.1) is 0 Å². The third-order valence-corrected chi connectivity index (χ3v) is 12.4. The van der Waals surface area contributed by atoms with Gasteiger partial charge in [-0.25, -0.2) is 17.9 Å². The molecular formula is C22H45N3O5SSi. The number of piperidine rings is 1. The number of sulfonamides is 1. The Morgan fingerprint density at radius 3 is 2.22 bits per heavy atom. The van der Waals surface area contributed by atoms with Crippen LogP contribution >= 0.6 is 0 Å². The summed E-state index contributed by atoms with van der Waals surface area (Å²) in [6.07, 6.45) is 6.85. The Hall–Kier alpha value is -0.683. The highest BCUT2D eigenvalue weighted by molar-refractivity contribution is 7.88. The van der Waals surface area contributed by atoms with Crippen LogP contribution in [0.15, 0.2) is 0 Å². The number of likely N-dealkylation sites (tertiary alicyclic amines) is 1. The first-order valence-electron chi connectivity index (χ1n) is 12.0. The van der Waals surface area contributed by atoms with Crippen molar-refractivity contribution in [3.05, 3.63) is 0 Å². The van der Waals surface area contributed by atoms with E-state index >= 15 is 0 Å². The van der Waals surface area contributed by atoms with Gasteiger partial charge in [0.15, 0.2) is 8.32 Å². The van der Waals surface area contributed by atoms with E-state index in [0.717, 1.165) is 32.1 Å². The number of hydrogen-bond donors (Lipinski definition) is 2. The fourth-order valence-electron chi connectivity index (χ4n) is 4.33. The smallest absolute Gasteiger partial charge is 0.317 e. The molecule has 0 spiro atoms. The topological polar surface area (TPSA) is 97.0 Å². The van der Waals surface area contributed by atoms with Crippen molar-refractivity contribution >= 4 is 24.4 Å². The molecule has 0 radical (unpaired) electrons. The summed E-state index contributed by atoms with van der Waals surface area (Å²) in [4.78, 5) is 14.3. The lowest BCUT2D eigenvalue weighted by molar-refractivity contribution is -0.0309. The third kappa shape index (κ3) is 7.97. The zero-order valence-electron chi connectivity index (χ0n) is 21.1. The molecule has 0 aromatic rings. The summed E-state index contributed by atoms with van der Waals surface area (Å²) >= 11 is 0. The number of nitrogens with zero attached hydrogens (tertiary/aromatic N) is 1. The average molecular weight is 492 g/mol. The molecule has 2 atom stereocenters. The van der Waals surface area contributed by atoms with Gasteiger partial charge in [0, 0.05) is 25.2 Å². The fourth-order valence-corrected chi connectivity index (χ4v) is 6.57. The van der Waals surface area contributed by atoms with Crippen LogP contribution in [-0.4, -0.2) is 77.9 Å². The van der Waals surface area contributed by atoms with Gasteiger partial charge in [0.2, 0.25) is 10.0 Å². The molecule has 1 saturated heterocycles. The quantitative estimate of drug-likeness (QED) is 0.507. The number of carbonyl (C=O) groups excluding carboxylic acids is 1. The molecule has 0 aromatic carbocycles. The Balaban J connectivity index is 1.95. The van der Waals surface area contributed by atoms with Gasteiger partial charge in [0.05, 0.1) is 25.0 Å². The average Bonchev–Trinajstić information content (AvgIpc) is 2.66. The van der Waals surface area contributed by atoms with E-state index in [2.05, 4.69) is 43.9 Å². The summed E-state index contributed by atoms with van der Waals surface area (Å²) in [5.41, 5.74) is 0. The van der Waals surface area contributed by atoms with Crippen molar-refractivity contribution in [2.24, 2.45) is 0 Å². The molecule has 0 bridgehead atoms. The van der Waals surface area contributed by atoms with Crippen LogP contribution < -0.4 is 10.0 Å². The van der Waals surface area contributed by atoms with Crippen LogP contribution in [-0.2, 0) is 19.2 Å². The maximum absolute atomic E-state index is 12.6. The number of carbonyl (C=O) groups is 1. The van der Waals surface area contributed by atoms with E-state index in [1.54, 1.807) is 4.90 Å². The van der Waals surface area contributed by atoms with Crippen LogP contribution in [0.2, 0.25) is 18.1 Å². The van der Waals surface area contributed by atoms with Gasteiger partial charge in [-0.15, -0.1) is 0 Å². The van der Waals surface area contributed by atoms with E-state index in [4.69, 9.17) is 9.16 Å². The van der Waals surface area contributed by atoms with Crippen LogP contribution in [0.1, 0.15) is 66.2 Å². The van der Waals surface area contributed by atoms with E-state index in [-0.39, 0.29) is 35.4 Å². The van der Waals surface area contributed by atoms with E-state index in [9.17, 15) is 13.2 Å². The van der Waals surface area contributed by atoms with Gasteiger partial charge in [0.25, 0.3) is 0 Å². The first-order chi connectivity index (χ1) is 14.7. The highest BCUT2D eigenvalue weighted by Crippen LogP contribution is 2.39. The number of nitrogens with one attached hydrogen (secondary N) is 2. The SMILES string of the molecule is CCNC(=O)N1CCCC(NS(C)(=O)=O)C1COC1CCC(O[Si](C)(C)C(C)(C)C)CC1. The van der Waals surface area contributed by atoms with E-state index in [0.29, 0.717) is 26.1 Å². The van der Waals surface area contributed by atoms with Gasteiger partial charge in [-0.3, -0.25) is 0 Å². The number of ether oxygens (including phenoxy) is 1. The van der Waals surface area contributed by atoms with Crippen LogP contribution in [0.3, 0.4) is 0 Å². The first-order valence-corrected chi connectivity index (χ1v) is 16.8. The number of urea groups is 1. The molecule has 2 unspecified atom stereocenters. The van der Waals surface area contributed by atoms with Gasteiger partial charge >= 0.3 is 6.03 Å². The van der Waals surface area contributed by atoms with Crippen molar-refractivity contribution in [1.82, 2.24) is 14.9 Å². The van der Waals surface area contributed by atoms with Crippen molar-refractivity contribution in [1.29, 1.82) is 0 Å². The van der Waals surface area contributed by atoms with Crippen LogP contribution in [0.5, 0.6) is 0 Å². The zero-order valence-corrected chi connectivity index (χ0v) is 22.9. The third-order valence-electron chi connectivity index (χ3n) is 7.12. The maximum atomic E-state index is 12.6. The van der Waals surface area contributed by atoms with Crippen molar-refractivity contribution in [3.63, 3.8) is 0 Å². The predicted octanol–water partition coefficient (Wildman–Crippen LogP) is 3.45. The monoisotopic (exact) mass is 491 g/mol. The molecule has 10 heteroatoms. The molecule has 1 heterocycles. The lowest BCUT2D eigenvalue weighted by atomic mass is 9.94. The molecule has 2 fully saturated rings. The number of rotatable bonds is 8. The van der Waals surface area contributed by atoms with Gasteiger partial charge in [-0.2, -0.15) is 0 Å². The molecule has 2 aliphatic rings. The summed E-state index contributed by atoms with van der Waals surface area (Å²) in [7, 11) is -5.15. The molecule has 0 aromatic heterocycles. The van der Waals surface area contributed by atoms with Crippen molar-refractivity contribution in [2.45, 2.75) is 109 Å². The molecule has 1 saturated carbocycles. The summed E-state index contributed by atoms with van der Waals surface area (Å²) in [5.74, 6) is 0. The highest BCUT2D eigenvalue weighted by Gasteiger charge is 2.40. The molecule has 2 amide bonds. The van der Waals surface area contributed by atoms with E-state index < -0.39 is 18.3 Å². The van der Waals surface area contributed by atoms with Crippen LogP contribution in [0.25, 0.3) is 0 Å². The van der Waals surface area contributed by atoms with Crippen molar-refractivity contribution in [3.8, 4) is 0 Å². The minimum absolute atomic E-state index is 0.117. The van der Waals surface area contributed by atoms with Gasteiger partial charge in [-0.05, 0) is 63.6 Å². The lowest BCUT2D eigenvalue weighted by Gasteiger charge is -2.43. The Kier molecular flexibility index (Phi) is 9.61. The highest BCUT2D eigenvalue weighted by atomic mass is 32.2. The largest absolute Gasteiger partial charge is 0.414 e. The van der Waals surface area contributed by atoms with Gasteiger partial charge in [0.1, 0.15) is 0 Å². The molecule has 32 heavy (non-hydrogen) atoms. The second-order valence-corrected chi connectivity index (χ2v) is 17.4. The van der Waals surface area contributed by atoms with E-state index in [1.807, 2.05) is 6.92 Å². The van der Waals surface area contributed by atoms with Gasteiger partial charge in [-0.1, -0.05) is 20.8 Å². The van der Waals surface area contributed by atoms with Crippen molar-refractivity contribution in [2.75, 3.05) is 26.0 Å². The van der Waals surface area contributed by atoms with Gasteiger partial charge < -0.3 is 19.4 Å². The summed E-state index contributed by atoms with van der Waals surface area (Å²) < 4.78 is 39.4. The molecule has 2 rings (SSSR count). The standard InChI is InChI=1S/C22H45N3O5SSi/c1-8-23-21(26)25-15-9-10-19(24-31(5,27)28)20(25)16-29-17-11-13-18(14-12-17)30-32(6,7)22(2,3)4/h17-20,24H,8-16H2,1-7H3,(H,23,26). The number of amides is 2. The molecule has 1 aliphatic carbocycles. The minimum atomic E-state index is -3.37. The lowest BCUT2D eigenvalue weighted by Crippen LogP contribution is -2.60.